The number of hydrogen-bond acceptors (Lipinski definition) is 5. The molecule has 1 fully saturated rings. The summed E-state index contributed by atoms with van der Waals surface area (Å²) in [6.07, 6.45) is 2.26. The summed E-state index contributed by atoms with van der Waals surface area (Å²) < 4.78 is 51.9. The van der Waals surface area contributed by atoms with Crippen molar-refractivity contribution in [3.63, 3.8) is 0 Å². The van der Waals surface area contributed by atoms with E-state index in [0.29, 0.717) is 6.54 Å². The predicted molar refractivity (Wildman–Crippen MR) is 94.2 cm³/mol. The number of rotatable bonds is 7. The lowest BCUT2D eigenvalue weighted by Gasteiger charge is -2.33. The Morgan fingerprint density at radius 1 is 1.08 bits per heavy atom. The fourth-order valence-electron chi connectivity index (χ4n) is 2.94. The molecule has 1 N–H and O–H groups in total. The second kappa shape index (κ2) is 7.95. The second-order valence-corrected chi connectivity index (χ2v) is 10.1. The van der Waals surface area contributed by atoms with Crippen molar-refractivity contribution < 1.29 is 16.8 Å². The normalized spacial score (nSPS) is 17.3. The Morgan fingerprint density at radius 3 is 2.29 bits per heavy atom. The van der Waals surface area contributed by atoms with Gasteiger partial charge in [-0.3, -0.25) is 0 Å². The Balaban J connectivity index is 2.41. The van der Waals surface area contributed by atoms with Gasteiger partial charge in [0.05, 0.1) is 15.5 Å². The molecule has 0 saturated carbocycles. The Bertz CT molecular complexity index is 754. The maximum atomic E-state index is 13.1. The molecule has 0 atom stereocenters. The maximum Gasteiger partial charge on any atom is 0.243 e. The van der Waals surface area contributed by atoms with Crippen molar-refractivity contribution in [2.45, 2.75) is 48.9 Å². The average molecular weight is 375 g/mol. The highest BCUT2D eigenvalue weighted by Gasteiger charge is 2.32. The zero-order chi connectivity index (χ0) is 17.8. The van der Waals surface area contributed by atoms with Gasteiger partial charge in [0.1, 0.15) is 0 Å². The predicted octanol–water partition coefficient (Wildman–Crippen LogP) is 1.63. The number of sulfonamides is 1. The summed E-state index contributed by atoms with van der Waals surface area (Å²) in [6, 6.07) is 5.68. The van der Waals surface area contributed by atoms with Crippen LogP contribution in [0, 0.1) is 0 Å². The molecule has 0 aliphatic carbocycles. The van der Waals surface area contributed by atoms with Gasteiger partial charge in [0.15, 0.2) is 9.84 Å². The van der Waals surface area contributed by atoms with Gasteiger partial charge in [-0.1, -0.05) is 19.9 Å². The lowest BCUT2D eigenvalue weighted by molar-refractivity contribution is 0.262. The van der Waals surface area contributed by atoms with Crippen LogP contribution < -0.4 is 5.32 Å². The molecular weight excluding hydrogens is 348 g/mol. The Kier molecular flexibility index (Phi) is 6.41. The highest BCUT2D eigenvalue weighted by Crippen LogP contribution is 2.25. The quantitative estimate of drug-likeness (QED) is 0.784. The van der Waals surface area contributed by atoms with E-state index in [-0.39, 0.29) is 21.6 Å². The molecule has 0 bridgehead atoms. The third kappa shape index (κ3) is 4.17. The van der Waals surface area contributed by atoms with Gasteiger partial charge in [0.25, 0.3) is 0 Å². The molecule has 8 heteroatoms. The van der Waals surface area contributed by atoms with Crippen LogP contribution in [0.25, 0.3) is 0 Å². The minimum atomic E-state index is -3.71. The highest BCUT2D eigenvalue weighted by molar-refractivity contribution is 7.91. The molecule has 0 aromatic heterocycles. The van der Waals surface area contributed by atoms with E-state index in [1.54, 1.807) is 11.2 Å². The second-order valence-electron chi connectivity index (χ2n) is 5.98. The van der Waals surface area contributed by atoms with Crippen LogP contribution in [0.2, 0.25) is 0 Å². The van der Waals surface area contributed by atoms with Gasteiger partial charge in [-0.25, -0.2) is 16.8 Å². The number of piperidine rings is 1. The van der Waals surface area contributed by atoms with E-state index in [2.05, 4.69) is 5.32 Å². The van der Waals surface area contributed by atoms with E-state index in [1.165, 1.54) is 24.3 Å². The van der Waals surface area contributed by atoms with Crippen LogP contribution in [-0.2, 0) is 19.9 Å². The lowest BCUT2D eigenvalue weighted by Crippen LogP contribution is -2.46. The number of hydrogen-bond donors (Lipinski definition) is 1. The lowest BCUT2D eigenvalue weighted by atomic mass is 10.1. The zero-order valence-corrected chi connectivity index (χ0v) is 15.9. The van der Waals surface area contributed by atoms with Crippen molar-refractivity contribution in [2.75, 3.05) is 25.4 Å². The van der Waals surface area contributed by atoms with Crippen molar-refractivity contribution in [3.05, 3.63) is 24.3 Å². The van der Waals surface area contributed by atoms with Crippen LogP contribution in [0.5, 0.6) is 0 Å². The fraction of sp³-hybridized carbons (Fsp3) is 0.625. The number of nitrogens with one attached hydrogen (secondary N) is 1. The maximum absolute atomic E-state index is 13.1. The van der Waals surface area contributed by atoms with Gasteiger partial charge in [-0.15, -0.1) is 0 Å². The monoisotopic (exact) mass is 374 g/mol. The van der Waals surface area contributed by atoms with Crippen LogP contribution >= 0.6 is 0 Å². The van der Waals surface area contributed by atoms with E-state index in [4.69, 9.17) is 0 Å². The molecule has 0 amide bonds. The molecule has 1 aromatic rings. The molecule has 136 valence electrons. The fourth-order valence-corrected chi connectivity index (χ4v) is 5.77. The number of nitrogens with zero attached hydrogens (tertiary/aromatic N) is 1. The topological polar surface area (TPSA) is 83.6 Å². The van der Waals surface area contributed by atoms with E-state index in [1.807, 2.05) is 6.92 Å². The van der Waals surface area contributed by atoms with E-state index >= 15 is 0 Å². The minimum absolute atomic E-state index is 0.0392. The first-order valence-electron chi connectivity index (χ1n) is 8.38. The van der Waals surface area contributed by atoms with Crippen LogP contribution in [0.4, 0.5) is 0 Å². The van der Waals surface area contributed by atoms with Gasteiger partial charge < -0.3 is 5.32 Å². The van der Waals surface area contributed by atoms with Crippen LogP contribution in [0.1, 0.15) is 33.1 Å². The molecule has 1 saturated heterocycles. The summed E-state index contributed by atoms with van der Waals surface area (Å²) in [5, 5.41) is 3.24. The van der Waals surface area contributed by atoms with Gasteiger partial charge in [-0.05, 0) is 50.6 Å². The van der Waals surface area contributed by atoms with E-state index in [9.17, 15) is 16.8 Å². The van der Waals surface area contributed by atoms with Crippen LogP contribution in [0.3, 0.4) is 0 Å². The van der Waals surface area contributed by atoms with Crippen molar-refractivity contribution >= 4 is 19.9 Å². The molecule has 24 heavy (non-hydrogen) atoms. The molecule has 1 heterocycles. The zero-order valence-electron chi connectivity index (χ0n) is 14.2. The smallest absolute Gasteiger partial charge is 0.243 e. The molecule has 1 aliphatic heterocycles. The van der Waals surface area contributed by atoms with Crippen LogP contribution in [0.15, 0.2) is 34.1 Å². The van der Waals surface area contributed by atoms with Gasteiger partial charge in [0, 0.05) is 12.6 Å². The molecule has 0 spiro atoms. The Labute approximate surface area is 145 Å². The third-order valence-electron chi connectivity index (χ3n) is 4.31. The molecule has 2 rings (SSSR count). The Morgan fingerprint density at radius 2 is 1.71 bits per heavy atom. The molecule has 1 aromatic carbocycles. The number of benzene rings is 1. The van der Waals surface area contributed by atoms with Crippen molar-refractivity contribution in [2.24, 2.45) is 0 Å². The summed E-state index contributed by atoms with van der Waals surface area (Å²) in [5.41, 5.74) is 0. The SMILES string of the molecule is CCCN(C1CCNCC1)S(=O)(=O)c1cccc(S(=O)(=O)CC)c1. The van der Waals surface area contributed by atoms with Gasteiger partial charge >= 0.3 is 0 Å². The summed E-state index contributed by atoms with van der Waals surface area (Å²) in [6.45, 7) is 5.53. The first-order valence-corrected chi connectivity index (χ1v) is 11.5. The van der Waals surface area contributed by atoms with Gasteiger partial charge in [0.2, 0.25) is 10.0 Å². The molecule has 0 radical (unpaired) electrons. The summed E-state index contributed by atoms with van der Waals surface area (Å²) in [7, 11) is -7.15. The molecule has 1 aliphatic rings. The van der Waals surface area contributed by atoms with Crippen LogP contribution in [-0.4, -0.2) is 52.6 Å². The van der Waals surface area contributed by atoms with Crippen molar-refractivity contribution in [1.82, 2.24) is 9.62 Å². The van der Waals surface area contributed by atoms with Crippen molar-refractivity contribution in [1.29, 1.82) is 0 Å². The van der Waals surface area contributed by atoms with Gasteiger partial charge in [-0.2, -0.15) is 4.31 Å². The third-order valence-corrected chi connectivity index (χ3v) is 7.99. The van der Waals surface area contributed by atoms with E-state index in [0.717, 1.165) is 32.4 Å². The Hall–Kier alpha value is -0.960. The highest BCUT2D eigenvalue weighted by atomic mass is 32.2. The minimum Gasteiger partial charge on any atom is -0.317 e. The van der Waals surface area contributed by atoms with Crippen molar-refractivity contribution in [3.8, 4) is 0 Å². The summed E-state index contributed by atoms with van der Waals surface area (Å²) in [4.78, 5) is 0.122. The first-order chi connectivity index (χ1) is 11.3. The van der Waals surface area contributed by atoms with E-state index < -0.39 is 19.9 Å². The molecule has 0 unspecified atom stereocenters. The summed E-state index contributed by atoms with van der Waals surface area (Å²) in [5.74, 6) is -0.0521. The first kappa shape index (κ1) is 19.4. The molecule has 6 nitrogen and oxygen atoms in total. The number of sulfone groups is 1. The summed E-state index contributed by atoms with van der Waals surface area (Å²) >= 11 is 0. The average Bonchev–Trinajstić information content (AvgIpc) is 2.60. The largest absolute Gasteiger partial charge is 0.317 e. The standard InChI is InChI=1S/C16H26N2O4S2/c1-3-12-18(14-8-10-17-11-9-14)24(21,22)16-7-5-6-15(13-16)23(19,20)4-2/h5-7,13-14,17H,3-4,8-12H2,1-2H3. The molecular formula is C16H26N2O4S2.